The van der Waals surface area contributed by atoms with E-state index in [-0.39, 0.29) is 17.6 Å². The molecule has 3 rings (SSSR count). The Morgan fingerprint density at radius 1 is 1.00 bits per heavy atom. The minimum Gasteiger partial charge on any atom is -0.343 e. The van der Waals surface area contributed by atoms with Crippen molar-refractivity contribution in [2.75, 3.05) is 26.2 Å². The molecule has 2 fully saturated rings. The molecular weight excluding hydrogens is 360 g/mol. The molecular formula is C25H38N2O2. The van der Waals surface area contributed by atoms with E-state index in [1.807, 2.05) is 17.0 Å². The molecule has 2 aliphatic rings. The molecule has 1 aromatic rings. The van der Waals surface area contributed by atoms with E-state index < -0.39 is 0 Å². The number of hydrogen-bond acceptors (Lipinski definition) is 3. The predicted octanol–water partition coefficient (Wildman–Crippen LogP) is 4.33. The van der Waals surface area contributed by atoms with Gasteiger partial charge in [0.2, 0.25) is 5.91 Å². The fourth-order valence-corrected chi connectivity index (χ4v) is 4.89. The van der Waals surface area contributed by atoms with E-state index in [1.165, 1.54) is 18.4 Å². The second kappa shape index (κ2) is 10.4. The molecule has 4 nitrogen and oxygen atoms in total. The van der Waals surface area contributed by atoms with Gasteiger partial charge < -0.3 is 10.2 Å². The van der Waals surface area contributed by atoms with Gasteiger partial charge in [0.25, 0.3) is 0 Å². The molecule has 0 radical (unpaired) electrons. The summed E-state index contributed by atoms with van der Waals surface area (Å²) >= 11 is 0. The number of carbonyl (C=O) groups excluding carboxylic acids is 2. The summed E-state index contributed by atoms with van der Waals surface area (Å²) in [5, 5.41) is 3.40. The van der Waals surface area contributed by atoms with Crippen LogP contribution < -0.4 is 5.32 Å². The molecule has 4 heteroatoms. The summed E-state index contributed by atoms with van der Waals surface area (Å²) < 4.78 is 0. The van der Waals surface area contributed by atoms with E-state index >= 15 is 0 Å². The Labute approximate surface area is 176 Å². The third-order valence-electron chi connectivity index (χ3n) is 6.79. The van der Waals surface area contributed by atoms with Gasteiger partial charge in [-0.3, -0.25) is 9.59 Å². The zero-order chi connectivity index (χ0) is 20.8. The fourth-order valence-electron chi connectivity index (χ4n) is 4.89. The summed E-state index contributed by atoms with van der Waals surface area (Å²) in [5.41, 5.74) is 2.11. The molecule has 160 valence electrons. The quantitative estimate of drug-likeness (QED) is 0.696. The third kappa shape index (κ3) is 6.15. The molecule has 2 aliphatic heterocycles. The van der Waals surface area contributed by atoms with Crippen LogP contribution in [0.4, 0.5) is 0 Å². The SMILES string of the molecule is CC(C)Cc1ccc(C(=O)C2CCN(C(=O)CC(C)C3CCNCC3)CC2)cc1. The minimum absolute atomic E-state index is 0.0526. The van der Waals surface area contributed by atoms with Gasteiger partial charge >= 0.3 is 0 Å². The van der Waals surface area contributed by atoms with Crippen molar-refractivity contribution >= 4 is 11.7 Å². The Morgan fingerprint density at radius 2 is 1.62 bits per heavy atom. The number of hydrogen-bond donors (Lipinski definition) is 1. The molecule has 29 heavy (non-hydrogen) atoms. The van der Waals surface area contributed by atoms with Crippen LogP contribution in [0.25, 0.3) is 0 Å². The summed E-state index contributed by atoms with van der Waals surface area (Å²) in [7, 11) is 0. The number of piperidine rings is 2. The Kier molecular flexibility index (Phi) is 7.88. The first-order valence-electron chi connectivity index (χ1n) is 11.6. The first kappa shape index (κ1) is 22.0. The zero-order valence-corrected chi connectivity index (χ0v) is 18.5. The van der Waals surface area contributed by atoms with Crippen molar-refractivity contribution < 1.29 is 9.59 Å². The molecule has 0 aromatic heterocycles. The molecule has 2 heterocycles. The summed E-state index contributed by atoms with van der Waals surface area (Å²) in [6.45, 7) is 10.2. The van der Waals surface area contributed by atoms with Crippen LogP contribution in [0, 0.1) is 23.7 Å². The van der Waals surface area contributed by atoms with Crippen LogP contribution in [0.1, 0.15) is 68.8 Å². The fraction of sp³-hybridized carbons (Fsp3) is 0.680. The maximum Gasteiger partial charge on any atom is 0.222 e. The van der Waals surface area contributed by atoms with E-state index in [2.05, 4.69) is 38.2 Å². The number of rotatable bonds is 7. The topological polar surface area (TPSA) is 49.4 Å². The number of nitrogens with one attached hydrogen (secondary N) is 1. The van der Waals surface area contributed by atoms with Gasteiger partial charge in [-0.05, 0) is 68.5 Å². The van der Waals surface area contributed by atoms with E-state index in [0.29, 0.717) is 24.2 Å². The summed E-state index contributed by atoms with van der Waals surface area (Å²) in [6.07, 6.45) is 5.65. The number of likely N-dealkylation sites (tertiary alicyclic amines) is 1. The van der Waals surface area contributed by atoms with Crippen molar-refractivity contribution in [3.8, 4) is 0 Å². The lowest BCUT2D eigenvalue weighted by molar-refractivity contribution is -0.133. The largest absolute Gasteiger partial charge is 0.343 e. The number of benzene rings is 1. The monoisotopic (exact) mass is 398 g/mol. The summed E-state index contributed by atoms with van der Waals surface area (Å²) in [5.74, 6) is 2.32. The van der Waals surface area contributed by atoms with Crippen LogP contribution in [0.2, 0.25) is 0 Å². The highest BCUT2D eigenvalue weighted by Crippen LogP contribution is 2.27. The van der Waals surface area contributed by atoms with Crippen LogP contribution >= 0.6 is 0 Å². The van der Waals surface area contributed by atoms with Crippen LogP contribution in [0.5, 0.6) is 0 Å². The first-order chi connectivity index (χ1) is 13.9. The Balaban J connectivity index is 1.46. The normalized spacial score (nSPS) is 20.1. The van der Waals surface area contributed by atoms with E-state index in [1.54, 1.807) is 0 Å². The smallest absolute Gasteiger partial charge is 0.222 e. The van der Waals surface area contributed by atoms with Crippen molar-refractivity contribution in [3.63, 3.8) is 0 Å². The highest BCUT2D eigenvalue weighted by atomic mass is 16.2. The van der Waals surface area contributed by atoms with E-state index in [0.717, 1.165) is 51.0 Å². The Bertz CT molecular complexity index is 669. The average molecular weight is 399 g/mol. The summed E-state index contributed by atoms with van der Waals surface area (Å²) in [6, 6.07) is 8.15. The molecule has 0 aliphatic carbocycles. The molecule has 0 spiro atoms. The number of ketones is 1. The number of Topliss-reactive ketones (excluding diaryl/α,β-unsaturated/α-hetero) is 1. The second-order valence-electron chi connectivity index (χ2n) is 9.58. The van der Waals surface area contributed by atoms with Gasteiger partial charge in [-0.25, -0.2) is 0 Å². The highest BCUT2D eigenvalue weighted by Gasteiger charge is 2.30. The number of carbonyl (C=O) groups is 2. The Hall–Kier alpha value is -1.68. The lowest BCUT2D eigenvalue weighted by atomic mass is 9.83. The molecule has 1 unspecified atom stereocenters. The maximum absolute atomic E-state index is 12.9. The van der Waals surface area contributed by atoms with Gasteiger partial charge in [-0.1, -0.05) is 45.0 Å². The standard InChI is InChI=1S/C25H38N2O2/c1-18(2)16-20-4-6-22(7-5-20)25(29)23-10-14-27(15-11-23)24(28)17-19(3)21-8-12-26-13-9-21/h4-7,18-19,21,23,26H,8-17H2,1-3H3. The maximum atomic E-state index is 12.9. The first-order valence-corrected chi connectivity index (χ1v) is 11.6. The van der Waals surface area contributed by atoms with E-state index in [9.17, 15) is 9.59 Å². The molecule has 1 aromatic carbocycles. The van der Waals surface area contributed by atoms with E-state index in [4.69, 9.17) is 0 Å². The van der Waals surface area contributed by atoms with Gasteiger partial charge in [-0.2, -0.15) is 0 Å². The lowest BCUT2D eigenvalue weighted by Gasteiger charge is -2.34. The van der Waals surface area contributed by atoms with Gasteiger partial charge in [0.15, 0.2) is 5.78 Å². The number of amides is 1. The lowest BCUT2D eigenvalue weighted by Crippen LogP contribution is -2.41. The van der Waals surface area contributed by atoms with Gasteiger partial charge in [0, 0.05) is 31.0 Å². The highest BCUT2D eigenvalue weighted by molar-refractivity contribution is 5.98. The van der Waals surface area contributed by atoms with Gasteiger partial charge in [0.05, 0.1) is 0 Å². The zero-order valence-electron chi connectivity index (χ0n) is 18.5. The summed E-state index contributed by atoms with van der Waals surface area (Å²) in [4.78, 5) is 27.6. The molecule has 1 atom stereocenters. The van der Waals surface area contributed by atoms with Crippen LogP contribution in [-0.2, 0) is 11.2 Å². The molecule has 0 bridgehead atoms. The molecule has 1 N–H and O–H groups in total. The van der Waals surface area contributed by atoms with Gasteiger partial charge in [0.1, 0.15) is 0 Å². The second-order valence-corrected chi connectivity index (χ2v) is 9.58. The van der Waals surface area contributed by atoms with Crippen LogP contribution in [0.15, 0.2) is 24.3 Å². The number of nitrogens with zero attached hydrogens (tertiary/aromatic N) is 1. The molecule has 1 amide bonds. The predicted molar refractivity (Wildman–Crippen MR) is 118 cm³/mol. The van der Waals surface area contributed by atoms with Gasteiger partial charge in [-0.15, -0.1) is 0 Å². The van der Waals surface area contributed by atoms with Crippen molar-refractivity contribution in [2.45, 2.75) is 59.3 Å². The molecule has 2 saturated heterocycles. The van der Waals surface area contributed by atoms with Crippen LogP contribution in [-0.4, -0.2) is 42.8 Å². The average Bonchev–Trinajstić information content (AvgIpc) is 2.74. The van der Waals surface area contributed by atoms with Crippen molar-refractivity contribution in [3.05, 3.63) is 35.4 Å². The van der Waals surface area contributed by atoms with Crippen molar-refractivity contribution in [2.24, 2.45) is 23.7 Å². The third-order valence-corrected chi connectivity index (χ3v) is 6.79. The van der Waals surface area contributed by atoms with Crippen molar-refractivity contribution in [1.82, 2.24) is 10.2 Å². The van der Waals surface area contributed by atoms with Crippen molar-refractivity contribution in [1.29, 1.82) is 0 Å². The Morgan fingerprint density at radius 3 is 2.21 bits per heavy atom. The molecule has 0 saturated carbocycles. The minimum atomic E-state index is 0.0526. The van der Waals surface area contributed by atoms with Crippen LogP contribution in [0.3, 0.4) is 0 Å².